The second-order valence-corrected chi connectivity index (χ2v) is 31.3. The van der Waals surface area contributed by atoms with Gasteiger partial charge in [-0.3, -0.25) is 0 Å². The normalized spacial score (nSPS) is 12.2. The SMILES string of the molecule is CC(C)(C)[Si](C)(C)Oc1cccc(Nc2ncnc3cc(-c4ccc(CCO)cc4)sc23)c1.CCCc1ccc(-c2cc3ncnc(Nc4cccc(O[Si](C)(C)C(C)(C)C)c4)c3s2)cc1. The lowest BCUT2D eigenvalue weighted by Gasteiger charge is -2.36. The number of aryl methyl sites for hydroxylation is 1. The Kier molecular flexibility index (Phi) is 14.8. The fraction of sp³-hybridized carbons (Fsp3) is 0.321. The minimum absolute atomic E-state index is 0.138. The minimum Gasteiger partial charge on any atom is -0.543 e. The maximum Gasteiger partial charge on any atom is 0.250 e. The van der Waals surface area contributed by atoms with E-state index < -0.39 is 16.6 Å². The van der Waals surface area contributed by atoms with Gasteiger partial charge in [-0.2, -0.15) is 0 Å². The molecule has 13 heteroatoms. The van der Waals surface area contributed by atoms with Crippen molar-refractivity contribution in [3.63, 3.8) is 0 Å². The highest BCUT2D eigenvalue weighted by atomic mass is 32.1. The van der Waals surface area contributed by atoms with Crippen LogP contribution in [0.15, 0.2) is 122 Å². The van der Waals surface area contributed by atoms with Crippen LogP contribution < -0.4 is 19.5 Å². The van der Waals surface area contributed by atoms with Crippen LogP contribution in [0.1, 0.15) is 66.0 Å². The second kappa shape index (κ2) is 20.2. The average Bonchev–Trinajstić information content (AvgIpc) is 3.91. The Morgan fingerprint density at radius 3 is 1.33 bits per heavy atom. The summed E-state index contributed by atoms with van der Waals surface area (Å²) in [4.78, 5) is 20.4. The maximum atomic E-state index is 9.14. The van der Waals surface area contributed by atoms with E-state index in [1.54, 1.807) is 35.3 Å². The number of nitrogens with one attached hydrogen (secondary N) is 2. The fourth-order valence-corrected chi connectivity index (χ4v) is 10.9. The zero-order valence-corrected chi connectivity index (χ0v) is 43.9. The Morgan fingerprint density at radius 1 is 0.545 bits per heavy atom. The molecular weight excluding hydrogens is 889 g/mol. The fourth-order valence-electron chi connectivity index (χ4n) is 6.70. The molecule has 3 N–H and O–H groups in total. The van der Waals surface area contributed by atoms with E-state index in [-0.39, 0.29) is 16.7 Å². The van der Waals surface area contributed by atoms with Gasteiger partial charge in [-0.15, -0.1) is 22.7 Å². The molecule has 4 aromatic carbocycles. The predicted molar refractivity (Wildman–Crippen MR) is 286 cm³/mol. The number of thiophene rings is 2. The minimum atomic E-state index is -1.91. The summed E-state index contributed by atoms with van der Waals surface area (Å²) in [6.07, 6.45) is 6.17. The zero-order valence-electron chi connectivity index (χ0n) is 40.2. The van der Waals surface area contributed by atoms with Gasteiger partial charge in [0.05, 0.1) is 20.4 Å². The zero-order chi connectivity index (χ0) is 47.3. The Morgan fingerprint density at radius 2 is 0.955 bits per heavy atom. The van der Waals surface area contributed by atoms with Gasteiger partial charge in [0.2, 0.25) is 16.6 Å². The number of aliphatic hydroxyl groups excluding tert-OH is 1. The van der Waals surface area contributed by atoms with Crippen molar-refractivity contribution in [2.45, 2.75) is 104 Å². The average molecular weight is 953 g/mol. The molecule has 4 heterocycles. The number of nitrogens with zero attached hydrogens (tertiary/aromatic N) is 4. The van der Waals surface area contributed by atoms with Crippen LogP contribution in [0.5, 0.6) is 11.5 Å². The van der Waals surface area contributed by atoms with Gasteiger partial charge in [0.25, 0.3) is 0 Å². The van der Waals surface area contributed by atoms with Crippen molar-refractivity contribution in [3.8, 4) is 32.4 Å². The van der Waals surface area contributed by atoms with Crippen LogP contribution in [0, 0.1) is 0 Å². The molecule has 0 spiro atoms. The van der Waals surface area contributed by atoms with Crippen LogP contribution in [-0.2, 0) is 12.8 Å². The molecule has 8 rings (SSSR count). The Balaban J connectivity index is 0.000000196. The highest BCUT2D eigenvalue weighted by Crippen LogP contribution is 2.41. The van der Waals surface area contributed by atoms with Crippen molar-refractivity contribution >= 4 is 82.8 Å². The number of hydrogen-bond acceptors (Lipinski definition) is 11. The predicted octanol–water partition coefficient (Wildman–Crippen LogP) is 15.5. The highest BCUT2D eigenvalue weighted by Gasteiger charge is 2.40. The topological polar surface area (TPSA) is 114 Å². The molecule has 66 heavy (non-hydrogen) atoms. The van der Waals surface area contributed by atoms with Crippen molar-refractivity contribution in [2.75, 3.05) is 17.2 Å². The third-order valence-electron chi connectivity index (χ3n) is 12.6. The number of benzene rings is 4. The molecule has 344 valence electrons. The molecule has 4 aromatic heterocycles. The van der Waals surface area contributed by atoms with Gasteiger partial charge < -0.3 is 24.6 Å². The first kappa shape index (κ1) is 48.5. The first-order chi connectivity index (χ1) is 31.3. The summed E-state index contributed by atoms with van der Waals surface area (Å²) in [7, 11) is -3.81. The van der Waals surface area contributed by atoms with Crippen molar-refractivity contribution in [3.05, 3.63) is 133 Å². The summed E-state index contributed by atoms with van der Waals surface area (Å²) in [5.41, 5.74) is 8.64. The number of rotatable bonds is 14. The molecule has 9 nitrogen and oxygen atoms in total. The number of fused-ring (bicyclic) bond motifs is 2. The van der Waals surface area contributed by atoms with Gasteiger partial charge in [-0.25, -0.2) is 19.9 Å². The van der Waals surface area contributed by atoms with Gasteiger partial charge in [0, 0.05) is 39.9 Å². The largest absolute Gasteiger partial charge is 0.543 e. The molecule has 0 saturated heterocycles. The second-order valence-electron chi connectivity index (χ2n) is 19.7. The Bertz CT molecular complexity index is 2690. The van der Waals surface area contributed by atoms with Crippen LogP contribution in [0.25, 0.3) is 41.3 Å². The highest BCUT2D eigenvalue weighted by molar-refractivity contribution is 7.23. The molecule has 0 aliphatic heterocycles. The van der Waals surface area contributed by atoms with Gasteiger partial charge >= 0.3 is 0 Å². The van der Waals surface area contributed by atoms with Crippen molar-refractivity contribution in [2.24, 2.45) is 0 Å². The van der Waals surface area contributed by atoms with Crippen molar-refractivity contribution < 1.29 is 14.0 Å². The molecule has 0 aliphatic rings. The van der Waals surface area contributed by atoms with Gasteiger partial charge in [0.1, 0.15) is 24.2 Å². The van der Waals surface area contributed by atoms with Crippen LogP contribution in [0.3, 0.4) is 0 Å². The maximum absolute atomic E-state index is 9.14. The van der Waals surface area contributed by atoms with E-state index in [4.69, 9.17) is 14.0 Å². The Labute approximate surface area is 401 Å². The quantitative estimate of drug-likeness (QED) is 0.0917. The monoisotopic (exact) mass is 952 g/mol. The standard InChI is InChI=1S/C27H33N3OSSi.C26H31N3O2SSi/c1-7-9-19-12-14-20(15-13-19)24-17-23-25(32-24)26(29-18-28-23)30-21-10-8-11-22(16-21)31-33(5,6)27(2,3)4;1-26(2,3)33(4,5)31-21-8-6-7-20(15-21)29-25-24-22(27-17-28-25)16-23(32-24)19-11-9-18(10-12-19)13-14-30/h8,10-18H,7,9H2,1-6H3,(H,28,29,30);6-12,15-17,30H,13-14H2,1-5H3,(H,27,28,29). The van der Waals surface area contributed by atoms with E-state index in [1.165, 1.54) is 16.0 Å². The van der Waals surface area contributed by atoms with Crippen LogP contribution in [0.4, 0.5) is 23.0 Å². The molecule has 0 unspecified atom stereocenters. The molecule has 0 amide bonds. The van der Waals surface area contributed by atoms with Gasteiger partial charge in [0.15, 0.2) is 11.6 Å². The summed E-state index contributed by atoms with van der Waals surface area (Å²) in [5, 5.41) is 16.4. The Hall–Kier alpha value is -5.45. The van der Waals surface area contributed by atoms with E-state index in [0.29, 0.717) is 6.42 Å². The van der Waals surface area contributed by atoms with Crippen LogP contribution in [-0.4, -0.2) is 48.3 Å². The molecule has 0 atom stereocenters. The lowest BCUT2D eigenvalue weighted by atomic mass is 10.1. The number of aromatic nitrogens is 4. The summed E-state index contributed by atoms with van der Waals surface area (Å²) in [6.45, 7) is 24.9. The lowest BCUT2D eigenvalue weighted by molar-refractivity contribution is 0.299. The van der Waals surface area contributed by atoms with Crippen molar-refractivity contribution in [1.29, 1.82) is 0 Å². The summed E-state index contributed by atoms with van der Waals surface area (Å²) >= 11 is 3.39. The lowest BCUT2D eigenvalue weighted by Crippen LogP contribution is -2.43. The molecule has 0 fully saturated rings. The first-order valence-corrected chi connectivity index (χ1v) is 30.2. The summed E-state index contributed by atoms with van der Waals surface area (Å²) < 4.78 is 15.0. The van der Waals surface area contributed by atoms with Gasteiger partial charge in [-0.1, -0.05) is 116 Å². The molecule has 0 aliphatic carbocycles. The molecule has 0 bridgehead atoms. The molecule has 0 radical (unpaired) electrons. The third kappa shape index (κ3) is 11.7. The molecule has 8 aromatic rings. The van der Waals surface area contributed by atoms with E-state index in [0.717, 1.165) is 83.8 Å². The summed E-state index contributed by atoms with van der Waals surface area (Å²) in [5.74, 6) is 3.39. The number of anilines is 4. The summed E-state index contributed by atoms with van der Waals surface area (Å²) in [6, 6.07) is 37.7. The molecule has 0 saturated carbocycles. The van der Waals surface area contributed by atoms with E-state index in [1.807, 2.05) is 42.5 Å². The van der Waals surface area contributed by atoms with Gasteiger partial charge in [-0.05, 0) is 108 Å². The van der Waals surface area contributed by atoms with E-state index in [2.05, 4.69) is 172 Å². The molecular formula is C53H64N6O3S2Si2. The van der Waals surface area contributed by atoms with E-state index in [9.17, 15) is 0 Å². The number of aliphatic hydroxyl groups is 1. The third-order valence-corrected chi connectivity index (χ3v) is 23.7. The van der Waals surface area contributed by atoms with Crippen LogP contribution in [0.2, 0.25) is 36.3 Å². The van der Waals surface area contributed by atoms with Crippen molar-refractivity contribution in [1.82, 2.24) is 19.9 Å². The van der Waals surface area contributed by atoms with Crippen LogP contribution >= 0.6 is 22.7 Å². The van der Waals surface area contributed by atoms with E-state index >= 15 is 0 Å². The number of hydrogen-bond donors (Lipinski definition) is 3. The smallest absolute Gasteiger partial charge is 0.250 e. The first-order valence-electron chi connectivity index (χ1n) is 22.7.